The lowest BCUT2D eigenvalue weighted by Crippen LogP contribution is -2.35. The van der Waals surface area contributed by atoms with Gasteiger partial charge in [0.15, 0.2) is 9.84 Å². The molecule has 2 atom stereocenters. The molecule has 5 rings (SSSR count). The molecule has 0 bridgehead atoms. The van der Waals surface area contributed by atoms with E-state index in [9.17, 15) is 8.42 Å². The zero-order valence-corrected chi connectivity index (χ0v) is 15.3. The first-order chi connectivity index (χ1) is 12.6. The molecule has 6 nitrogen and oxygen atoms in total. The van der Waals surface area contributed by atoms with E-state index in [4.69, 9.17) is 4.98 Å². The molecule has 1 aliphatic carbocycles. The topological polar surface area (TPSA) is 75.2 Å². The second-order valence-corrected chi connectivity index (χ2v) is 9.93. The van der Waals surface area contributed by atoms with Crippen molar-refractivity contribution in [3.05, 3.63) is 47.8 Å². The van der Waals surface area contributed by atoms with E-state index >= 15 is 0 Å². The molecule has 7 heteroatoms. The number of fused-ring (bicyclic) bond motifs is 3. The molecule has 1 saturated carbocycles. The largest absolute Gasteiger partial charge is 0.324 e. The molecule has 0 spiro atoms. The first-order valence-electron chi connectivity index (χ1n) is 9.20. The van der Waals surface area contributed by atoms with Gasteiger partial charge in [-0.2, -0.15) is 0 Å². The van der Waals surface area contributed by atoms with Crippen molar-refractivity contribution in [2.24, 2.45) is 5.92 Å². The second-order valence-electron chi connectivity index (χ2n) is 7.71. The Morgan fingerprint density at radius 2 is 1.96 bits per heavy atom. The fourth-order valence-electron chi connectivity index (χ4n) is 4.18. The number of benzene rings is 1. The van der Waals surface area contributed by atoms with Gasteiger partial charge in [-0.05, 0) is 30.9 Å². The highest BCUT2D eigenvalue weighted by Gasteiger charge is 2.48. The Bertz CT molecular complexity index is 928. The van der Waals surface area contributed by atoms with Crippen molar-refractivity contribution in [3.63, 3.8) is 0 Å². The number of anilines is 2. The maximum absolute atomic E-state index is 12.8. The number of nitrogens with one attached hydrogen (secondary N) is 1. The number of aromatic nitrogens is 2. The Morgan fingerprint density at radius 3 is 2.73 bits per heavy atom. The summed E-state index contributed by atoms with van der Waals surface area (Å²) >= 11 is 0. The van der Waals surface area contributed by atoms with E-state index in [0.717, 1.165) is 36.0 Å². The number of hydrogen-bond donors (Lipinski definition) is 1. The van der Waals surface area contributed by atoms with Gasteiger partial charge >= 0.3 is 0 Å². The standard InChI is InChI=1S/C19H22N4O2S/c24-26(25)12-14-8-20-19(21-15-4-2-1-3-5-15)22-18(14)16-10-23(11-17(16)26)9-13-6-7-13/h1-5,8,13,16-17H,6-7,9-12H2,(H,20,21,22)/t16-,17+/m1/s1. The van der Waals surface area contributed by atoms with Gasteiger partial charge in [0.25, 0.3) is 0 Å². The third-order valence-corrected chi connectivity index (χ3v) is 7.77. The summed E-state index contributed by atoms with van der Waals surface area (Å²) in [5.41, 5.74) is 2.60. The fourth-order valence-corrected chi connectivity index (χ4v) is 6.20. The van der Waals surface area contributed by atoms with E-state index in [2.05, 4.69) is 15.2 Å². The molecule has 0 radical (unpaired) electrons. The van der Waals surface area contributed by atoms with Crippen LogP contribution in [0.3, 0.4) is 0 Å². The summed E-state index contributed by atoms with van der Waals surface area (Å²) < 4.78 is 25.5. The molecule has 3 heterocycles. The third-order valence-electron chi connectivity index (χ3n) is 5.65. The highest BCUT2D eigenvalue weighted by molar-refractivity contribution is 7.91. The Balaban J connectivity index is 1.46. The van der Waals surface area contributed by atoms with Gasteiger partial charge in [-0.15, -0.1) is 0 Å². The van der Waals surface area contributed by atoms with Gasteiger partial charge < -0.3 is 10.2 Å². The van der Waals surface area contributed by atoms with Crippen molar-refractivity contribution in [3.8, 4) is 0 Å². The van der Waals surface area contributed by atoms with Gasteiger partial charge in [0.1, 0.15) is 0 Å². The van der Waals surface area contributed by atoms with E-state index in [-0.39, 0.29) is 16.9 Å². The van der Waals surface area contributed by atoms with E-state index in [1.54, 1.807) is 6.20 Å². The van der Waals surface area contributed by atoms with Gasteiger partial charge in [0.2, 0.25) is 5.95 Å². The van der Waals surface area contributed by atoms with Crippen LogP contribution in [0.2, 0.25) is 0 Å². The lowest BCUT2D eigenvalue weighted by Gasteiger charge is -2.26. The molecule has 136 valence electrons. The van der Waals surface area contributed by atoms with Crippen LogP contribution < -0.4 is 5.32 Å². The highest BCUT2D eigenvalue weighted by atomic mass is 32.2. The van der Waals surface area contributed by atoms with Crippen LogP contribution in [0.25, 0.3) is 0 Å². The maximum atomic E-state index is 12.8. The van der Waals surface area contributed by atoms with Gasteiger partial charge in [0.05, 0.1) is 16.7 Å². The van der Waals surface area contributed by atoms with Crippen molar-refractivity contribution >= 4 is 21.5 Å². The minimum atomic E-state index is -3.14. The monoisotopic (exact) mass is 370 g/mol. The molecule has 2 aliphatic heterocycles. The lowest BCUT2D eigenvalue weighted by molar-refractivity contribution is 0.320. The average molecular weight is 370 g/mol. The number of rotatable bonds is 4. The van der Waals surface area contributed by atoms with Gasteiger partial charge in [-0.3, -0.25) is 0 Å². The molecular formula is C19H22N4O2S. The smallest absolute Gasteiger partial charge is 0.227 e. The third kappa shape index (κ3) is 2.99. The summed E-state index contributed by atoms with van der Waals surface area (Å²) in [5.74, 6) is 1.32. The van der Waals surface area contributed by atoms with Crippen LogP contribution in [-0.4, -0.2) is 48.2 Å². The second kappa shape index (κ2) is 6.03. The summed E-state index contributed by atoms with van der Waals surface area (Å²) in [6, 6.07) is 9.79. The summed E-state index contributed by atoms with van der Waals surface area (Å²) in [6.07, 6.45) is 4.25. The maximum Gasteiger partial charge on any atom is 0.227 e. The van der Waals surface area contributed by atoms with E-state index in [1.165, 1.54) is 12.8 Å². The Hall–Kier alpha value is -1.99. The fraction of sp³-hybridized carbons (Fsp3) is 0.474. The van der Waals surface area contributed by atoms with Gasteiger partial charge in [-0.1, -0.05) is 18.2 Å². The predicted octanol–water partition coefficient (Wildman–Crippen LogP) is 2.33. The molecule has 3 aliphatic rings. The van der Waals surface area contributed by atoms with Crippen LogP contribution in [0.15, 0.2) is 36.5 Å². The Morgan fingerprint density at radius 1 is 1.15 bits per heavy atom. The quantitative estimate of drug-likeness (QED) is 0.890. The van der Waals surface area contributed by atoms with E-state index < -0.39 is 9.84 Å². The number of nitrogens with zero attached hydrogens (tertiary/aromatic N) is 3. The number of likely N-dealkylation sites (tertiary alicyclic amines) is 1. The van der Waals surface area contributed by atoms with Crippen LogP contribution in [-0.2, 0) is 15.6 Å². The first kappa shape index (κ1) is 16.2. The van der Waals surface area contributed by atoms with Crippen LogP contribution in [0.1, 0.15) is 30.0 Å². The van der Waals surface area contributed by atoms with Crippen LogP contribution in [0.5, 0.6) is 0 Å². The number of para-hydroxylation sites is 1. The molecule has 1 N–H and O–H groups in total. The van der Waals surface area contributed by atoms with Crippen molar-refractivity contribution in [2.45, 2.75) is 29.8 Å². The summed E-state index contributed by atoms with van der Waals surface area (Å²) in [7, 11) is -3.14. The average Bonchev–Trinajstić information content (AvgIpc) is 3.32. The van der Waals surface area contributed by atoms with E-state index in [1.807, 2.05) is 30.3 Å². The molecule has 1 aromatic carbocycles. The predicted molar refractivity (Wildman–Crippen MR) is 100 cm³/mol. The SMILES string of the molecule is O=S1(=O)Cc2cnc(Nc3ccccc3)nc2[C@@H]2CN(CC3CC3)C[C@@H]21. The number of sulfone groups is 1. The van der Waals surface area contributed by atoms with Crippen molar-refractivity contribution < 1.29 is 8.42 Å². The summed E-state index contributed by atoms with van der Waals surface area (Å²) in [4.78, 5) is 11.4. The molecule has 2 aromatic rings. The molecule has 1 aromatic heterocycles. The highest BCUT2D eigenvalue weighted by Crippen LogP contribution is 2.41. The van der Waals surface area contributed by atoms with Crippen LogP contribution in [0.4, 0.5) is 11.6 Å². The Labute approximate surface area is 153 Å². The zero-order valence-electron chi connectivity index (χ0n) is 14.5. The molecule has 1 saturated heterocycles. The van der Waals surface area contributed by atoms with Crippen molar-refractivity contribution in [2.75, 3.05) is 25.0 Å². The van der Waals surface area contributed by atoms with Gasteiger partial charge in [-0.25, -0.2) is 18.4 Å². The van der Waals surface area contributed by atoms with E-state index in [0.29, 0.717) is 12.5 Å². The zero-order chi connectivity index (χ0) is 17.7. The molecule has 0 amide bonds. The summed E-state index contributed by atoms with van der Waals surface area (Å²) in [6.45, 7) is 2.46. The normalized spacial score (nSPS) is 26.9. The lowest BCUT2D eigenvalue weighted by atomic mass is 10.00. The molecule has 26 heavy (non-hydrogen) atoms. The summed E-state index contributed by atoms with van der Waals surface area (Å²) in [5, 5.41) is 2.90. The minimum absolute atomic E-state index is 0.0400. The molecule has 0 unspecified atom stereocenters. The Kier molecular flexibility index (Phi) is 3.76. The van der Waals surface area contributed by atoms with Gasteiger partial charge in [0, 0.05) is 43.0 Å². The molecule has 2 fully saturated rings. The first-order valence-corrected chi connectivity index (χ1v) is 10.9. The van der Waals surface area contributed by atoms with Crippen LogP contribution in [0, 0.1) is 5.92 Å². The minimum Gasteiger partial charge on any atom is -0.324 e. The van der Waals surface area contributed by atoms with Crippen molar-refractivity contribution in [1.82, 2.24) is 14.9 Å². The van der Waals surface area contributed by atoms with Crippen LogP contribution >= 0.6 is 0 Å². The van der Waals surface area contributed by atoms with Crippen molar-refractivity contribution in [1.29, 1.82) is 0 Å². The molecular weight excluding hydrogens is 348 g/mol. The number of hydrogen-bond acceptors (Lipinski definition) is 6.